The van der Waals surface area contributed by atoms with Crippen molar-refractivity contribution in [3.63, 3.8) is 0 Å². The van der Waals surface area contributed by atoms with Crippen LogP contribution in [0.1, 0.15) is 23.1 Å². The maximum Gasteiger partial charge on any atom is 0.321 e. The number of nitrogens with one attached hydrogen (secondary N) is 1. The number of rotatable bonds is 4. The molecule has 2 rings (SSSR count). The first kappa shape index (κ1) is 11.9. The van der Waals surface area contributed by atoms with Crippen LogP contribution < -0.4 is 5.32 Å². The van der Waals surface area contributed by atoms with E-state index >= 15 is 0 Å². The Morgan fingerprint density at radius 1 is 1.53 bits per heavy atom. The molecule has 90 valence electrons. The lowest BCUT2D eigenvalue weighted by Gasteiger charge is -2.14. The number of carbonyl (C=O) groups is 1. The maximum atomic E-state index is 10.9. The van der Waals surface area contributed by atoms with Gasteiger partial charge in [0.2, 0.25) is 0 Å². The Hall–Kier alpha value is -1.61. The van der Waals surface area contributed by atoms with E-state index in [4.69, 9.17) is 5.11 Å². The first-order valence-corrected chi connectivity index (χ1v) is 5.89. The third-order valence-electron chi connectivity index (χ3n) is 3.17. The highest BCUT2D eigenvalue weighted by Gasteiger charge is 2.16. The Bertz CT molecular complexity index is 452. The number of carboxylic acids is 1. The van der Waals surface area contributed by atoms with Gasteiger partial charge < -0.3 is 10.4 Å². The highest BCUT2D eigenvalue weighted by Crippen LogP contribution is 2.21. The molecule has 0 aliphatic heterocycles. The van der Waals surface area contributed by atoms with Gasteiger partial charge in [-0.05, 0) is 43.0 Å². The highest BCUT2D eigenvalue weighted by atomic mass is 16.4. The van der Waals surface area contributed by atoms with Crippen molar-refractivity contribution in [2.24, 2.45) is 0 Å². The third kappa shape index (κ3) is 2.74. The van der Waals surface area contributed by atoms with Gasteiger partial charge in [0.25, 0.3) is 0 Å². The predicted octanol–water partition coefficient (Wildman–Crippen LogP) is 1.86. The van der Waals surface area contributed by atoms with E-state index in [9.17, 15) is 4.79 Å². The van der Waals surface area contributed by atoms with Gasteiger partial charge >= 0.3 is 5.97 Å². The molecular weight excluding hydrogens is 214 g/mol. The Morgan fingerprint density at radius 3 is 3.06 bits per heavy atom. The normalized spacial score (nSPS) is 15.4. The van der Waals surface area contributed by atoms with E-state index in [1.165, 1.54) is 11.1 Å². The Kier molecular flexibility index (Phi) is 3.59. The summed E-state index contributed by atoms with van der Waals surface area (Å²) < 4.78 is 0. The van der Waals surface area contributed by atoms with Crippen molar-refractivity contribution in [1.82, 2.24) is 5.32 Å². The molecule has 3 heteroatoms. The van der Waals surface area contributed by atoms with Crippen molar-refractivity contribution in [3.8, 4) is 0 Å². The number of aryl methyl sites for hydroxylation is 1. The van der Waals surface area contributed by atoms with Crippen molar-refractivity contribution in [2.75, 3.05) is 7.05 Å². The van der Waals surface area contributed by atoms with Gasteiger partial charge in [-0.2, -0.15) is 0 Å². The number of benzene rings is 1. The van der Waals surface area contributed by atoms with E-state index in [1.54, 1.807) is 7.05 Å². The average Bonchev–Trinajstić information content (AvgIpc) is 2.35. The van der Waals surface area contributed by atoms with Crippen LogP contribution in [0.4, 0.5) is 0 Å². The molecule has 0 bridgehead atoms. The Labute approximate surface area is 101 Å². The summed E-state index contributed by atoms with van der Waals surface area (Å²) in [5.74, 6) is -0.805. The lowest BCUT2D eigenvalue weighted by Crippen LogP contribution is -2.35. The van der Waals surface area contributed by atoms with Crippen LogP contribution in [0.15, 0.2) is 24.3 Å². The average molecular weight is 231 g/mol. The summed E-state index contributed by atoms with van der Waals surface area (Å²) >= 11 is 0. The second-order valence-electron chi connectivity index (χ2n) is 4.36. The Morgan fingerprint density at radius 2 is 2.35 bits per heavy atom. The zero-order chi connectivity index (χ0) is 12.3. The summed E-state index contributed by atoms with van der Waals surface area (Å²) in [6.07, 6.45) is 6.99. The molecule has 1 aromatic rings. The molecule has 1 aliphatic carbocycles. The van der Waals surface area contributed by atoms with Crippen LogP contribution in [-0.2, 0) is 17.6 Å². The van der Waals surface area contributed by atoms with Gasteiger partial charge in [-0.15, -0.1) is 0 Å². The monoisotopic (exact) mass is 231 g/mol. The van der Waals surface area contributed by atoms with Gasteiger partial charge in [0.1, 0.15) is 6.04 Å². The second-order valence-corrected chi connectivity index (χ2v) is 4.36. The lowest BCUT2D eigenvalue weighted by atomic mass is 9.94. The molecule has 1 unspecified atom stereocenters. The molecule has 0 saturated carbocycles. The molecule has 1 aromatic carbocycles. The number of hydrogen-bond acceptors (Lipinski definition) is 2. The van der Waals surface area contributed by atoms with Crippen LogP contribution >= 0.6 is 0 Å². The summed E-state index contributed by atoms with van der Waals surface area (Å²) in [5, 5.41) is 11.8. The molecule has 0 fully saturated rings. The fraction of sp³-hybridized carbons (Fsp3) is 0.357. The molecule has 0 spiro atoms. The fourth-order valence-corrected chi connectivity index (χ4v) is 2.15. The van der Waals surface area contributed by atoms with Crippen LogP contribution in [-0.4, -0.2) is 24.2 Å². The van der Waals surface area contributed by atoms with E-state index in [2.05, 4.69) is 29.6 Å². The minimum Gasteiger partial charge on any atom is -0.480 e. The van der Waals surface area contributed by atoms with E-state index in [0.29, 0.717) is 6.42 Å². The van der Waals surface area contributed by atoms with Crippen molar-refractivity contribution in [3.05, 3.63) is 41.0 Å². The minimum absolute atomic E-state index is 0.513. The molecular formula is C14H17NO2. The van der Waals surface area contributed by atoms with Gasteiger partial charge in [0, 0.05) is 0 Å². The molecule has 0 amide bonds. The van der Waals surface area contributed by atoms with Crippen molar-refractivity contribution in [2.45, 2.75) is 25.3 Å². The number of hydrogen-bond donors (Lipinski definition) is 2. The lowest BCUT2D eigenvalue weighted by molar-refractivity contribution is -0.139. The molecule has 0 aromatic heterocycles. The summed E-state index contributed by atoms with van der Waals surface area (Å²) in [7, 11) is 1.68. The first-order valence-electron chi connectivity index (χ1n) is 5.89. The van der Waals surface area contributed by atoms with Crippen molar-refractivity contribution < 1.29 is 9.90 Å². The highest BCUT2D eigenvalue weighted by molar-refractivity contribution is 5.74. The van der Waals surface area contributed by atoms with Gasteiger partial charge in [0.15, 0.2) is 0 Å². The number of aliphatic carboxylic acids is 1. The summed E-state index contributed by atoms with van der Waals surface area (Å²) in [4.78, 5) is 10.9. The van der Waals surface area contributed by atoms with E-state index in [1.807, 2.05) is 6.07 Å². The zero-order valence-corrected chi connectivity index (χ0v) is 9.94. The molecule has 3 nitrogen and oxygen atoms in total. The van der Waals surface area contributed by atoms with Gasteiger partial charge in [0.05, 0.1) is 0 Å². The van der Waals surface area contributed by atoms with Crippen molar-refractivity contribution >= 4 is 12.0 Å². The van der Waals surface area contributed by atoms with Gasteiger partial charge in [-0.25, -0.2) is 0 Å². The quantitative estimate of drug-likeness (QED) is 0.831. The number of allylic oxidation sites excluding steroid dienone is 1. The standard InChI is InChI=1S/C14H17NO2/c1-15-13(14(16)17)9-10-6-7-11-4-2-3-5-12(11)8-10/h3,5-8,13,15H,2,4,9H2,1H3,(H,16,17). The second kappa shape index (κ2) is 5.15. The largest absolute Gasteiger partial charge is 0.480 e. The smallest absolute Gasteiger partial charge is 0.321 e. The molecule has 0 radical (unpaired) electrons. The molecule has 0 saturated heterocycles. The van der Waals surface area contributed by atoms with Crippen molar-refractivity contribution in [1.29, 1.82) is 0 Å². The van der Waals surface area contributed by atoms with Gasteiger partial charge in [-0.3, -0.25) is 4.79 Å². The van der Waals surface area contributed by atoms with Gasteiger partial charge in [-0.1, -0.05) is 30.4 Å². The molecule has 0 heterocycles. The topological polar surface area (TPSA) is 49.3 Å². The third-order valence-corrected chi connectivity index (χ3v) is 3.17. The Balaban J connectivity index is 2.18. The molecule has 1 atom stereocenters. The maximum absolute atomic E-state index is 10.9. The van der Waals surface area contributed by atoms with Crippen LogP contribution in [0.25, 0.3) is 6.08 Å². The number of likely N-dealkylation sites (N-methyl/N-ethyl adjacent to an activating group) is 1. The summed E-state index contributed by atoms with van der Waals surface area (Å²) in [5.41, 5.74) is 3.65. The SMILES string of the molecule is CNC(Cc1ccc2c(c1)C=CCC2)C(=O)O. The van der Waals surface area contributed by atoms with Crippen LogP contribution in [0, 0.1) is 0 Å². The molecule has 17 heavy (non-hydrogen) atoms. The van der Waals surface area contributed by atoms with Crippen LogP contribution in [0.2, 0.25) is 0 Å². The van der Waals surface area contributed by atoms with Crippen LogP contribution in [0.3, 0.4) is 0 Å². The fourth-order valence-electron chi connectivity index (χ4n) is 2.15. The minimum atomic E-state index is -0.805. The number of carboxylic acid groups (broad SMARTS) is 1. The summed E-state index contributed by atoms with van der Waals surface area (Å²) in [6, 6.07) is 5.73. The number of fused-ring (bicyclic) bond motifs is 1. The summed E-state index contributed by atoms with van der Waals surface area (Å²) in [6.45, 7) is 0. The van der Waals surface area contributed by atoms with E-state index < -0.39 is 12.0 Å². The van der Waals surface area contributed by atoms with Crippen LogP contribution in [0.5, 0.6) is 0 Å². The first-order chi connectivity index (χ1) is 8.20. The zero-order valence-electron chi connectivity index (χ0n) is 9.94. The predicted molar refractivity (Wildman–Crippen MR) is 68.0 cm³/mol. The molecule has 1 aliphatic rings. The molecule has 2 N–H and O–H groups in total. The van der Waals surface area contributed by atoms with E-state index in [-0.39, 0.29) is 0 Å². The van der Waals surface area contributed by atoms with E-state index in [0.717, 1.165) is 18.4 Å².